The number of nitriles is 1. The van der Waals surface area contributed by atoms with Gasteiger partial charge in [-0.2, -0.15) is 5.26 Å². The summed E-state index contributed by atoms with van der Waals surface area (Å²) in [6.07, 6.45) is -2.54. The Balaban J connectivity index is 1.57. The minimum Gasteiger partial charge on any atom is -0.383 e. The summed E-state index contributed by atoms with van der Waals surface area (Å²) < 4.78 is 56.2. The zero-order valence-corrected chi connectivity index (χ0v) is 23.4. The van der Waals surface area contributed by atoms with E-state index in [-0.39, 0.29) is 28.6 Å². The number of nitrogens with one attached hydrogen (secondary N) is 1. The van der Waals surface area contributed by atoms with E-state index in [2.05, 4.69) is 15.3 Å². The maximum atomic E-state index is 14.5. The quantitative estimate of drug-likeness (QED) is 0.361. The third-order valence-corrected chi connectivity index (χ3v) is 7.65. The zero-order valence-electron chi connectivity index (χ0n) is 22.6. The van der Waals surface area contributed by atoms with Gasteiger partial charge in [-0.15, -0.1) is 0 Å². The molecule has 2 aromatic carbocycles. The molecule has 3 atom stereocenters. The van der Waals surface area contributed by atoms with Crippen LogP contribution in [0, 0.1) is 23.0 Å². The van der Waals surface area contributed by atoms with Gasteiger partial charge in [0.05, 0.1) is 11.7 Å². The van der Waals surface area contributed by atoms with Gasteiger partial charge in [0.2, 0.25) is 17.8 Å². The van der Waals surface area contributed by atoms with Gasteiger partial charge in [0.15, 0.2) is 0 Å². The number of aromatic nitrogens is 2. The van der Waals surface area contributed by atoms with Crippen LogP contribution in [0.15, 0.2) is 54.7 Å². The number of nitrogens with zero attached hydrogens (tertiary/aromatic N) is 5. The van der Waals surface area contributed by atoms with Crippen LogP contribution in [-0.4, -0.2) is 56.9 Å². The second kappa shape index (κ2) is 12.2. The molecule has 1 saturated carbocycles. The Kier molecular flexibility index (Phi) is 8.53. The van der Waals surface area contributed by atoms with Crippen LogP contribution >= 0.6 is 11.6 Å². The molecule has 1 aromatic heterocycles. The predicted molar refractivity (Wildman–Crippen MR) is 147 cm³/mol. The van der Waals surface area contributed by atoms with Crippen LogP contribution in [0.4, 0.5) is 29.2 Å². The summed E-state index contributed by atoms with van der Waals surface area (Å²) in [7, 11) is 0. The van der Waals surface area contributed by atoms with Gasteiger partial charge in [-0.3, -0.25) is 24.2 Å². The Labute approximate surface area is 252 Å². The smallest absolute Gasteiger partial charge is 0.258 e. The summed E-state index contributed by atoms with van der Waals surface area (Å²) in [5.41, 5.74) is -0.464. The lowest BCUT2D eigenvalue weighted by atomic mass is 9.87. The molecule has 1 saturated heterocycles. The summed E-state index contributed by atoms with van der Waals surface area (Å²) in [5.74, 6) is -8.15. The first-order valence-electron chi connectivity index (χ1n) is 13.3. The monoisotopic (exact) mass is 630 g/mol. The number of hydrogen-bond acceptors (Lipinski definition) is 7. The van der Waals surface area contributed by atoms with Gasteiger partial charge in [-0.05, 0) is 24.3 Å². The number of amides is 3. The SMILES string of the molecule is N#Cc1ccnc(N2C(=O)[C@H](O)C[C@H]2CC(=O)N(c2cc(F)cc(F)c2)[C@@H](C(=O)NC2CC(F)(F)C2)c2ccccc2Cl)n1. The molecule has 2 heterocycles. The Morgan fingerprint density at radius 2 is 1.86 bits per heavy atom. The number of benzene rings is 2. The Bertz CT molecular complexity index is 1640. The first-order chi connectivity index (χ1) is 20.9. The van der Waals surface area contributed by atoms with Crippen molar-refractivity contribution in [3.63, 3.8) is 0 Å². The van der Waals surface area contributed by atoms with E-state index in [0.717, 1.165) is 21.9 Å². The molecule has 3 aromatic rings. The largest absolute Gasteiger partial charge is 0.383 e. The van der Waals surface area contributed by atoms with Gasteiger partial charge in [-0.1, -0.05) is 29.8 Å². The van der Waals surface area contributed by atoms with E-state index in [1.54, 1.807) is 12.1 Å². The molecule has 44 heavy (non-hydrogen) atoms. The van der Waals surface area contributed by atoms with Crippen LogP contribution in [0.3, 0.4) is 0 Å². The standard InChI is InChI=1S/C29H23ClF4N6O4/c30-22-4-2-1-3-21(22)25(26(43)37-18-12-29(33,34)13-18)39(19-8-15(31)7-16(32)9-19)24(42)11-20-10-23(41)27(44)40(20)28-36-6-5-17(14-35)38-28/h1-9,18,20,23,25,41H,10-13H2,(H,37,43)/t20-,23+,25+/m0/s1. The van der Waals surface area contributed by atoms with Gasteiger partial charge in [-0.25, -0.2) is 27.5 Å². The summed E-state index contributed by atoms with van der Waals surface area (Å²) in [6.45, 7) is 0. The second-order valence-electron chi connectivity index (χ2n) is 10.5. The van der Waals surface area contributed by atoms with Crippen LogP contribution in [0.1, 0.15) is 43.0 Å². The molecule has 0 bridgehead atoms. The van der Waals surface area contributed by atoms with E-state index in [0.29, 0.717) is 6.07 Å². The highest BCUT2D eigenvalue weighted by Gasteiger charge is 2.48. The molecule has 3 amide bonds. The Hall–Kier alpha value is -4.61. The molecule has 228 valence electrons. The van der Waals surface area contributed by atoms with Crippen LogP contribution in [0.25, 0.3) is 0 Å². The van der Waals surface area contributed by atoms with Gasteiger partial charge < -0.3 is 10.4 Å². The highest BCUT2D eigenvalue weighted by molar-refractivity contribution is 6.31. The number of carbonyl (C=O) groups is 3. The summed E-state index contributed by atoms with van der Waals surface area (Å²) >= 11 is 6.42. The summed E-state index contributed by atoms with van der Waals surface area (Å²) in [5, 5.41) is 22.1. The van der Waals surface area contributed by atoms with Crippen LogP contribution < -0.4 is 15.1 Å². The molecule has 0 spiro atoms. The number of hydrogen-bond donors (Lipinski definition) is 2. The number of aliphatic hydroxyl groups is 1. The molecule has 2 N–H and O–H groups in total. The molecular formula is C29H23ClF4N6O4. The van der Waals surface area contributed by atoms with Crippen molar-refractivity contribution in [1.29, 1.82) is 5.26 Å². The molecule has 2 fully saturated rings. The minimum absolute atomic E-state index is 0.00363. The summed E-state index contributed by atoms with van der Waals surface area (Å²) in [6, 6.07) is 7.37. The van der Waals surface area contributed by atoms with E-state index in [4.69, 9.17) is 11.6 Å². The van der Waals surface area contributed by atoms with E-state index < -0.39 is 84.5 Å². The fraction of sp³-hybridized carbons (Fsp3) is 0.310. The minimum atomic E-state index is -2.98. The lowest BCUT2D eigenvalue weighted by molar-refractivity contribution is -0.133. The molecule has 15 heteroatoms. The number of aliphatic hydroxyl groups excluding tert-OH is 1. The third-order valence-electron chi connectivity index (χ3n) is 7.30. The van der Waals surface area contributed by atoms with Crippen LogP contribution in [0.2, 0.25) is 5.02 Å². The van der Waals surface area contributed by atoms with E-state index in [1.165, 1.54) is 30.5 Å². The second-order valence-corrected chi connectivity index (χ2v) is 10.9. The first kappa shape index (κ1) is 30.8. The van der Waals surface area contributed by atoms with Crippen molar-refractivity contribution >= 4 is 41.0 Å². The van der Waals surface area contributed by atoms with Gasteiger partial charge in [0, 0.05) is 54.6 Å². The van der Waals surface area contributed by atoms with Crippen molar-refractivity contribution in [2.24, 2.45) is 0 Å². The Morgan fingerprint density at radius 1 is 1.18 bits per heavy atom. The number of carbonyl (C=O) groups excluding carboxylic acids is 3. The molecule has 1 aliphatic carbocycles. The molecule has 0 radical (unpaired) electrons. The fourth-order valence-corrected chi connectivity index (χ4v) is 5.56. The molecule has 10 nitrogen and oxygen atoms in total. The molecule has 0 unspecified atom stereocenters. The number of alkyl halides is 2. The third kappa shape index (κ3) is 6.34. The molecule has 5 rings (SSSR count). The number of anilines is 2. The first-order valence-corrected chi connectivity index (χ1v) is 13.7. The fourth-order valence-electron chi connectivity index (χ4n) is 5.32. The van der Waals surface area contributed by atoms with Gasteiger partial charge >= 0.3 is 0 Å². The van der Waals surface area contributed by atoms with Gasteiger partial charge in [0.1, 0.15) is 35.5 Å². The maximum Gasteiger partial charge on any atom is 0.258 e. The van der Waals surface area contributed by atoms with Crippen molar-refractivity contribution in [2.45, 2.75) is 55.8 Å². The normalized spacial score (nSPS) is 20.0. The van der Waals surface area contributed by atoms with E-state index >= 15 is 0 Å². The highest BCUT2D eigenvalue weighted by atomic mass is 35.5. The number of halogens is 5. The molecular weight excluding hydrogens is 608 g/mol. The molecule has 1 aliphatic heterocycles. The van der Waals surface area contributed by atoms with Crippen molar-refractivity contribution in [2.75, 3.05) is 9.80 Å². The molecule has 2 aliphatic rings. The zero-order chi connectivity index (χ0) is 31.8. The van der Waals surface area contributed by atoms with Crippen molar-refractivity contribution in [3.8, 4) is 6.07 Å². The van der Waals surface area contributed by atoms with Crippen molar-refractivity contribution < 1.29 is 37.1 Å². The highest BCUT2D eigenvalue weighted by Crippen LogP contribution is 2.39. The van der Waals surface area contributed by atoms with Gasteiger partial charge in [0.25, 0.3) is 11.8 Å². The number of rotatable bonds is 8. The lowest BCUT2D eigenvalue weighted by Crippen LogP contribution is -2.54. The van der Waals surface area contributed by atoms with Crippen LogP contribution in [0.5, 0.6) is 0 Å². The predicted octanol–water partition coefficient (Wildman–Crippen LogP) is 3.82. The summed E-state index contributed by atoms with van der Waals surface area (Å²) in [4.78, 5) is 50.5. The average Bonchev–Trinajstić information content (AvgIpc) is 3.22. The average molecular weight is 631 g/mol. The topological polar surface area (TPSA) is 140 Å². The Morgan fingerprint density at radius 3 is 2.50 bits per heavy atom. The lowest BCUT2D eigenvalue weighted by Gasteiger charge is -2.38. The van der Waals surface area contributed by atoms with Crippen molar-refractivity contribution in [3.05, 3.63) is 82.6 Å². The van der Waals surface area contributed by atoms with Crippen LogP contribution in [-0.2, 0) is 14.4 Å². The van der Waals surface area contributed by atoms with E-state index in [1.807, 2.05) is 0 Å². The maximum absolute atomic E-state index is 14.5. The van der Waals surface area contributed by atoms with E-state index in [9.17, 15) is 42.3 Å². The van der Waals surface area contributed by atoms with Crippen molar-refractivity contribution in [1.82, 2.24) is 15.3 Å².